The van der Waals surface area contributed by atoms with E-state index >= 15 is 0 Å². The van der Waals surface area contributed by atoms with E-state index in [0.717, 1.165) is 6.07 Å². The van der Waals surface area contributed by atoms with Crippen LogP contribution in [0.1, 0.15) is 13.3 Å². The minimum absolute atomic E-state index is 0.137. The van der Waals surface area contributed by atoms with Crippen LogP contribution in [-0.2, 0) is 14.4 Å². The van der Waals surface area contributed by atoms with Gasteiger partial charge in [-0.3, -0.25) is 9.59 Å². The van der Waals surface area contributed by atoms with Gasteiger partial charge in [-0.15, -0.1) is 0 Å². The Hall–Kier alpha value is -2.64. The summed E-state index contributed by atoms with van der Waals surface area (Å²) < 4.78 is 18.5. The highest BCUT2D eigenvalue weighted by molar-refractivity contribution is 5.89. The Morgan fingerprint density at radius 2 is 2.00 bits per heavy atom. The standard InChI is InChI=1S/C13H15FN2O5/c1-7(21-10-5-3-2-4-8(10)14)12(18)16-9(13(19)20)6-11(15)17/h2-5,7,9H,6H2,1H3,(H2,15,17)(H,16,18)(H,19,20)/t7?,9-/m1/s1. The van der Waals surface area contributed by atoms with Crippen molar-refractivity contribution in [1.82, 2.24) is 5.32 Å². The van der Waals surface area contributed by atoms with Gasteiger partial charge in [0, 0.05) is 0 Å². The van der Waals surface area contributed by atoms with Crippen molar-refractivity contribution < 1.29 is 28.6 Å². The first-order valence-electron chi connectivity index (χ1n) is 6.04. The summed E-state index contributed by atoms with van der Waals surface area (Å²) in [4.78, 5) is 33.4. The van der Waals surface area contributed by atoms with Gasteiger partial charge in [0.25, 0.3) is 5.91 Å². The predicted octanol–water partition coefficient (Wildman–Crippen LogP) is 0.0378. The molecule has 0 aliphatic carbocycles. The van der Waals surface area contributed by atoms with Crippen molar-refractivity contribution in [3.8, 4) is 5.75 Å². The molecule has 1 aromatic rings. The van der Waals surface area contributed by atoms with Crippen molar-refractivity contribution in [1.29, 1.82) is 0 Å². The zero-order valence-corrected chi connectivity index (χ0v) is 11.2. The van der Waals surface area contributed by atoms with E-state index in [-0.39, 0.29) is 5.75 Å². The van der Waals surface area contributed by atoms with Crippen LogP contribution in [0, 0.1) is 5.82 Å². The van der Waals surface area contributed by atoms with E-state index in [1.54, 1.807) is 0 Å². The van der Waals surface area contributed by atoms with Crippen LogP contribution in [0.5, 0.6) is 5.75 Å². The molecule has 0 saturated heterocycles. The number of carboxylic acid groups (broad SMARTS) is 1. The van der Waals surface area contributed by atoms with E-state index in [4.69, 9.17) is 15.6 Å². The molecule has 21 heavy (non-hydrogen) atoms. The van der Waals surface area contributed by atoms with Gasteiger partial charge in [-0.1, -0.05) is 12.1 Å². The van der Waals surface area contributed by atoms with Crippen LogP contribution in [0.4, 0.5) is 4.39 Å². The van der Waals surface area contributed by atoms with E-state index in [2.05, 4.69) is 5.32 Å². The molecule has 1 unspecified atom stereocenters. The van der Waals surface area contributed by atoms with E-state index in [1.807, 2.05) is 0 Å². The van der Waals surface area contributed by atoms with Gasteiger partial charge in [-0.05, 0) is 19.1 Å². The first kappa shape index (κ1) is 16.4. The van der Waals surface area contributed by atoms with Crippen molar-refractivity contribution in [2.45, 2.75) is 25.5 Å². The SMILES string of the molecule is CC(Oc1ccccc1F)C(=O)N[C@H](CC(N)=O)C(=O)O. The molecule has 2 amide bonds. The molecule has 8 heteroatoms. The number of aliphatic carboxylic acids is 1. The normalized spacial score (nSPS) is 13.0. The molecule has 7 nitrogen and oxygen atoms in total. The smallest absolute Gasteiger partial charge is 0.326 e. The summed E-state index contributed by atoms with van der Waals surface area (Å²) in [7, 11) is 0. The summed E-state index contributed by atoms with van der Waals surface area (Å²) in [5, 5.41) is 11.0. The van der Waals surface area contributed by atoms with Crippen LogP contribution in [0.25, 0.3) is 0 Å². The maximum absolute atomic E-state index is 13.4. The Labute approximate surface area is 119 Å². The molecular formula is C13H15FN2O5. The summed E-state index contributed by atoms with van der Waals surface area (Å²) in [6.07, 6.45) is -1.69. The first-order chi connectivity index (χ1) is 9.81. The molecule has 1 aromatic carbocycles. The summed E-state index contributed by atoms with van der Waals surface area (Å²) in [5.74, 6) is -3.86. The van der Waals surface area contributed by atoms with Gasteiger partial charge in [0.1, 0.15) is 6.04 Å². The maximum atomic E-state index is 13.4. The molecule has 0 aliphatic heterocycles. The van der Waals surface area contributed by atoms with E-state index < -0.39 is 42.2 Å². The van der Waals surface area contributed by atoms with Gasteiger partial charge >= 0.3 is 5.97 Å². The highest BCUT2D eigenvalue weighted by Crippen LogP contribution is 2.17. The molecule has 114 valence electrons. The van der Waals surface area contributed by atoms with Gasteiger partial charge in [0.05, 0.1) is 6.42 Å². The van der Waals surface area contributed by atoms with Crippen LogP contribution < -0.4 is 15.8 Å². The van der Waals surface area contributed by atoms with Crippen molar-refractivity contribution in [3.63, 3.8) is 0 Å². The number of para-hydroxylation sites is 1. The Morgan fingerprint density at radius 3 is 2.52 bits per heavy atom. The number of amides is 2. The highest BCUT2D eigenvalue weighted by atomic mass is 19.1. The van der Waals surface area contributed by atoms with Crippen LogP contribution in [0.2, 0.25) is 0 Å². The summed E-state index contributed by atoms with van der Waals surface area (Å²) in [5.41, 5.74) is 4.89. The van der Waals surface area contributed by atoms with Gasteiger partial charge < -0.3 is 20.9 Å². The number of carbonyl (C=O) groups is 3. The monoisotopic (exact) mass is 298 g/mol. The lowest BCUT2D eigenvalue weighted by Crippen LogP contribution is -2.47. The first-order valence-corrected chi connectivity index (χ1v) is 6.04. The average molecular weight is 298 g/mol. The molecular weight excluding hydrogens is 283 g/mol. The topological polar surface area (TPSA) is 119 Å². The lowest BCUT2D eigenvalue weighted by molar-refractivity contribution is -0.144. The van der Waals surface area contributed by atoms with Crippen LogP contribution in [0.3, 0.4) is 0 Å². The second kappa shape index (κ2) is 7.22. The van der Waals surface area contributed by atoms with Crippen LogP contribution in [0.15, 0.2) is 24.3 Å². The zero-order valence-electron chi connectivity index (χ0n) is 11.2. The van der Waals surface area contributed by atoms with Crippen LogP contribution in [-0.4, -0.2) is 35.0 Å². The molecule has 0 radical (unpaired) electrons. The third-order valence-corrected chi connectivity index (χ3v) is 2.53. The molecule has 1 rings (SSSR count). The van der Waals surface area contributed by atoms with Crippen molar-refractivity contribution in [2.24, 2.45) is 5.73 Å². The number of primary amides is 1. The molecule has 0 aliphatic rings. The van der Waals surface area contributed by atoms with Crippen molar-refractivity contribution in [3.05, 3.63) is 30.1 Å². The molecule has 4 N–H and O–H groups in total. The molecule has 0 heterocycles. The fourth-order valence-electron chi connectivity index (χ4n) is 1.47. The minimum atomic E-state index is -1.46. The number of carboxylic acids is 1. The fourth-order valence-corrected chi connectivity index (χ4v) is 1.47. The quantitative estimate of drug-likeness (QED) is 0.656. The second-order valence-corrected chi connectivity index (χ2v) is 4.26. The zero-order chi connectivity index (χ0) is 16.0. The number of nitrogens with one attached hydrogen (secondary N) is 1. The molecule has 0 aromatic heterocycles. The largest absolute Gasteiger partial charge is 0.480 e. The Morgan fingerprint density at radius 1 is 1.38 bits per heavy atom. The third kappa shape index (κ3) is 5.09. The van der Waals surface area contributed by atoms with Gasteiger partial charge in [0.15, 0.2) is 17.7 Å². The number of hydrogen-bond donors (Lipinski definition) is 3. The second-order valence-electron chi connectivity index (χ2n) is 4.26. The average Bonchev–Trinajstić information content (AvgIpc) is 2.39. The number of nitrogens with two attached hydrogens (primary N) is 1. The molecule has 0 saturated carbocycles. The minimum Gasteiger partial charge on any atom is -0.480 e. The lowest BCUT2D eigenvalue weighted by atomic mass is 10.2. The number of carbonyl (C=O) groups excluding carboxylic acids is 2. The molecule has 0 spiro atoms. The molecule has 2 atom stereocenters. The van der Waals surface area contributed by atoms with E-state index in [0.29, 0.717) is 0 Å². The van der Waals surface area contributed by atoms with E-state index in [9.17, 15) is 18.8 Å². The maximum Gasteiger partial charge on any atom is 0.326 e. The highest BCUT2D eigenvalue weighted by Gasteiger charge is 2.25. The number of hydrogen-bond acceptors (Lipinski definition) is 4. The van der Waals surface area contributed by atoms with Crippen LogP contribution >= 0.6 is 0 Å². The number of halogens is 1. The number of ether oxygens (including phenoxy) is 1. The summed E-state index contributed by atoms with van der Waals surface area (Å²) in [6, 6.07) is 4.02. The van der Waals surface area contributed by atoms with Gasteiger partial charge in [0.2, 0.25) is 5.91 Å². The molecule has 0 bridgehead atoms. The van der Waals surface area contributed by atoms with Crippen molar-refractivity contribution >= 4 is 17.8 Å². The van der Waals surface area contributed by atoms with E-state index in [1.165, 1.54) is 25.1 Å². The molecule has 0 fully saturated rings. The summed E-state index contributed by atoms with van der Waals surface area (Å²) in [6.45, 7) is 1.32. The summed E-state index contributed by atoms with van der Waals surface area (Å²) >= 11 is 0. The predicted molar refractivity (Wildman–Crippen MR) is 69.9 cm³/mol. The Bertz CT molecular complexity index is 549. The number of rotatable bonds is 7. The van der Waals surface area contributed by atoms with Gasteiger partial charge in [-0.2, -0.15) is 0 Å². The van der Waals surface area contributed by atoms with Crippen molar-refractivity contribution in [2.75, 3.05) is 0 Å². The Kier molecular flexibility index (Phi) is 5.65. The third-order valence-electron chi connectivity index (χ3n) is 2.53. The Balaban J connectivity index is 2.67. The number of benzene rings is 1. The fraction of sp³-hybridized carbons (Fsp3) is 0.308. The lowest BCUT2D eigenvalue weighted by Gasteiger charge is -2.18. The van der Waals surface area contributed by atoms with Gasteiger partial charge in [-0.25, -0.2) is 9.18 Å².